The van der Waals surface area contributed by atoms with Gasteiger partial charge in [-0.1, -0.05) is 30.3 Å². The Kier molecular flexibility index (Phi) is 3.79. The third-order valence-electron chi connectivity index (χ3n) is 4.07. The molecule has 3 heteroatoms. The number of hydrogen-bond acceptors (Lipinski definition) is 3. The first-order valence-corrected chi connectivity index (χ1v) is 7.17. The van der Waals surface area contributed by atoms with Gasteiger partial charge in [-0.05, 0) is 36.2 Å². The average Bonchev–Trinajstić information content (AvgIpc) is 3.00. The number of rotatable bonds is 3. The van der Waals surface area contributed by atoms with Gasteiger partial charge >= 0.3 is 0 Å². The van der Waals surface area contributed by atoms with Crippen LogP contribution in [0.25, 0.3) is 0 Å². The highest BCUT2D eigenvalue weighted by atomic mass is 16.5. The van der Waals surface area contributed by atoms with Gasteiger partial charge in [0, 0.05) is 12.2 Å². The molecule has 0 spiro atoms. The van der Waals surface area contributed by atoms with Crippen molar-refractivity contribution in [2.45, 2.75) is 12.5 Å². The Hall–Kier alpha value is -2.47. The van der Waals surface area contributed by atoms with Crippen molar-refractivity contribution in [3.63, 3.8) is 0 Å². The fourth-order valence-corrected chi connectivity index (χ4v) is 2.98. The second kappa shape index (κ2) is 5.88. The van der Waals surface area contributed by atoms with E-state index in [1.807, 2.05) is 18.2 Å². The standard InChI is InChI=1S/C18H18N2O/c1-21-17-9-7-16(8-10-17)20-13-14(12-19)11-18(20)15-5-3-2-4-6-15/h2-10,14,18H,11,13H2,1H3/t14-,18-/m0/s1. The molecule has 0 unspecified atom stereocenters. The first-order valence-electron chi connectivity index (χ1n) is 7.17. The van der Waals surface area contributed by atoms with E-state index in [-0.39, 0.29) is 12.0 Å². The smallest absolute Gasteiger partial charge is 0.119 e. The van der Waals surface area contributed by atoms with Crippen LogP contribution in [0.3, 0.4) is 0 Å². The lowest BCUT2D eigenvalue weighted by atomic mass is 10.0. The van der Waals surface area contributed by atoms with Gasteiger partial charge in [0.25, 0.3) is 0 Å². The summed E-state index contributed by atoms with van der Waals surface area (Å²) in [6.07, 6.45) is 0.881. The molecular formula is C18H18N2O. The van der Waals surface area contributed by atoms with Crippen LogP contribution in [0.2, 0.25) is 0 Å². The molecule has 0 radical (unpaired) electrons. The summed E-state index contributed by atoms with van der Waals surface area (Å²) >= 11 is 0. The van der Waals surface area contributed by atoms with Crippen molar-refractivity contribution >= 4 is 5.69 Å². The monoisotopic (exact) mass is 278 g/mol. The molecule has 3 nitrogen and oxygen atoms in total. The first kappa shape index (κ1) is 13.5. The van der Waals surface area contributed by atoms with Crippen molar-refractivity contribution < 1.29 is 4.74 Å². The lowest BCUT2D eigenvalue weighted by Crippen LogP contribution is -2.23. The summed E-state index contributed by atoms with van der Waals surface area (Å²) in [4.78, 5) is 2.32. The van der Waals surface area contributed by atoms with Gasteiger partial charge in [0.15, 0.2) is 0 Å². The zero-order valence-electron chi connectivity index (χ0n) is 12.1. The number of benzene rings is 2. The summed E-state index contributed by atoms with van der Waals surface area (Å²) in [5.41, 5.74) is 2.41. The van der Waals surface area contributed by atoms with Crippen LogP contribution in [-0.2, 0) is 0 Å². The SMILES string of the molecule is COc1ccc(N2C[C@H](C#N)C[C@H]2c2ccccc2)cc1. The van der Waals surface area contributed by atoms with Crippen LogP contribution in [0.15, 0.2) is 54.6 Å². The average molecular weight is 278 g/mol. The van der Waals surface area contributed by atoms with Crippen LogP contribution in [-0.4, -0.2) is 13.7 Å². The van der Waals surface area contributed by atoms with Crippen molar-refractivity contribution in [2.75, 3.05) is 18.6 Å². The maximum atomic E-state index is 9.28. The van der Waals surface area contributed by atoms with Gasteiger partial charge in [0.05, 0.1) is 25.1 Å². The van der Waals surface area contributed by atoms with Crippen LogP contribution < -0.4 is 9.64 Å². The van der Waals surface area contributed by atoms with Crippen molar-refractivity contribution in [2.24, 2.45) is 5.92 Å². The number of ether oxygens (including phenoxy) is 1. The van der Waals surface area contributed by atoms with Gasteiger partial charge in [-0.3, -0.25) is 0 Å². The molecule has 0 bridgehead atoms. The maximum absolute atomic E-state index is 9.28. The second-order valence-corrected chi connectivity index (χ2v) is 5.34. The van der Waals surface area contributed by atoms with Gasteiger partial charge in [0.1, 0.15) is 5.75 Å². The van der Waals surface area contributed by atoms with E-state index in [9.17, 15) is 5.26 Å². The van der Waals surface area contributed by atoms with Crippen molar-refractivity contribution in [3.05, 3.63) is 60.2 Å². The second-order valence-electron chi connectivity index (χ2n) is 5.34. The van der Waals surface area contributed by atoms with Crippen molar-refractivity contribution in [3.8, 4) is 11.8 Å². The van der Waals surface area contributed by atoms with Crippen LogP contribution >= 0.6 is 0 Å². The molecule has 1 aliphatic rings. The van der Waals surface area contributed by atoms with E-state index >= 15 is 0 Å². The van der Waals surface area contributed by atoms with Gasteiger partial charge in [-0.15, -0.1) is 0 Å². The predicted molar refractivity (Wildman–Crippen MR) is 83.2 cm³/mol. The van der Waals surface area contributed by atoms with E-state index in [2.05, 4.69) is 47.4 Å². The molecule has 3 rings (SSSR count). The molecule has 0 amide bonds. The van der Waals surface area contributed by atoms with Crippen LogP contribution in [0.4, 0.5) is 5.69 Å². The van der Waals surface area contributed by atoms with E-state index < -0.39 is 0 Å². The van der Waals surface area contributed by atoms with Gasteiger partial charge in [0.2, 0.25) is 0 Å². The van der Waals surface area contributed by atoms with E-state index in [1.165, 1.54) is 5.56 Å². The molecule has 1 heterocycles. The summed E-state index contributed by atoms with van der Waals surface area (Å²) in [7, 11) is 1.67. The first-order chi connectivity index (χ1) is 10.3. The molecule has 0 N–H and O–H groups in total. The number of hydrogen-bond donors (Lipinski definition) is 0. The molecule has 1 fully saturated rings. The number of methoxy groups -OCH3 is 1. The predicted octanol–water partition coefficient (Wildman–Crippen LogP) is 3.79. The quantitative estimate of drug-likeness (QED) is 0.857. The summed E-state index contributed by atoms with van der Waals surface area (Å²) in [5, 5.41) is 9.28. The van der Waals surface area contributed by atoms with Gasteiger partial charge in [-0.2, -0.15) is 5.26 Å². The molecule has 2 aromatic carbocycles. The van der Waals surface area contributed by atoms with E-state index in [0.29, 0.717) is 0 Å². The Morgan fingerprint density at radius 2 is 1.81 bits per heavy atom. The highest BCUT2D eigenvalue weighted by molar-refractivity contribution is 5.53. The van der Waals surface area contributed by atoms with Crippen molar-refractivity contribution in [1.82, 2.24) is 0 Å². The number of nitriles is 1. The highest BCUT2D eigenvalue weighted by Gasteiger charge is 2.33. The minimum absolute atomic E-state index is 0.0808. The topological polar surface area (TPSA) is 36.3 Å². The fraction of sp³-hybridized carbons (Fsp3) is 0.278. The largest absolute Gasteiger partial charge is 0.497 e. The van der Waals surface area contributed by atoms with Gasteiger partial charge in [-0.25, -0.2) is 0 Å². The normalized spacial score (nSPS) is 21.0. The molecule has 2 atom stereocenters. The third-order valence-corrected chi connectivity index (χ3v) is 4.07. The fourth-order valence-electron chi connectivity index (χ4n) is 2.98. The molecule has 2 aromatic rings. The number of anilines is 1. The molecule has 1 aliphatic heterocycles. The lowest BCUT2D eigenvalue weighted by Gasteiger charge is -2.27. The highest BCUT2D eigenvalue weighted by Crippen LogP contribution is 2.39. The van der Waals surface area contributed by atoms with E-state index in [0.717, 1.165) is 24.4 Å². The molecule has 0 aliphatic carbocycles. The summed E-state index contributed by atoms with van der Waals surface area (Å²) < 4.78 is 5.21. The van der Waals surface area contributed by atoms with E-state index in [1.54, 1.807) is 7.11 Å². The molecule has 21 heavy (non-hydrogen) atoms. The Bertz CT molecular complexity index is 631. The minimum atomic E-state index is 0.0808. The summed E-state index contributed by atoms with van der Waals surface area (Å²) in [6, 6.07) is 21.2. The van der Waals surface area contributed by atoms with Crippen LogP contribution in [0, 0.1) is 17.2 Å². The molecule has 106 valence electrons. The third kappa shape index (κ3) is 2.71. The zero-order valence-corrected chi connectivity index (χ0v) is 12.1. The summed E-state index contributed by atoms with van der Waals surface area (Å²) in [6.45, 7) is 0.780. The zero-order chi connectivity index (χ0) is 14.7. The lowest BCUT2D eigenvalue weighted by molar-refractivity contribution is 0.415. The minimum Gasteiger partial charge on any atom is -0.497 e. The Morgan fingerprint density at radius 3 is 2.43 bits per heavy atom. The molecule has 1 saturated heterocycles. The Balaban J connectivity index is 1.92. The Labute approximate surface area is 125 Å². The van der Waals surface area contributed by atoms with Gasteiger partial charge < -0.3 is 9.64 Å². The summed E-state index contributed by atoms with van der Waals surface area (Å²) in [5.74, 6) is 0.934. The van der Waals surface area contributed by atoms with Crippen molar-refractivity contribution in [1.29, 1.82) is 5.26 Å². The van der Waals surface area contributed by atoms with Crippen LogP contribution in [0.1, 0.15) is 18.0 Å². The maximum Gasteiger partial charge on any atom is 0.119 e. The molecular weight excluding hydrogens is 260 g/mol. The van der Waals surface area contributed by atoms with E-state index in [4.69, 9.17) is 4.74 Å². The number of nitrogens with zero attached hydrogens (tertiary/aromatic N) is 2. The van der Waals surface area contributed by atoms with Crippen LogP contribution in [0.5, 0.6) is 5.75 Å². The molecule has 0 saturated carbocycles. The Morgan fingerprint density at radius 1 is 1.10 bits per heavy atom. The molecule has 0 aromatic heterocycles.